The molecule has 13 heteroatoms. The number of carbonyl (C=O) groups is 3. The number of rotatable bonds is 9. The van der Waals surface area contributed by atoms with E-state index in [2.05, 4.69) is 10.3 Å². The normalized spacial score (nSPS) is 22.3. The molecule has 0 radical (unpaired) electrons. The Morgan fingerprint density at radius 2 is 1.89 bits per heavy atom. The van der Waals surface area contributed by atoms with E-state index < -0.39 is 53.8 Å². The number of carbonyl (C=O) groups excluding carboxylic acids is 2. The highest BCUT2D eigenvalue weighted by molar-refractivity contribution is 5.86. The van der Waals surface area contributed by atoms with Gasteiger partial charge in [-0.15, -0.1) is 0 Å². The first-order chi connectivity index (χ1) is 13.1. The molecule has 0 spiro atoms. The third-order valence-electron chi connectivity index (χ3n) is 3.42. The van der Waals surface area contributed by atoms with Crippen LogP contribution < -0.4 is 16.8 Å². The van der Waals surface area contributed by atoms with E-state index in [0.717, 1.165) is 6.08 Å². The predicted molar refractivity (Wildman–Crippen MR) is 93.9 cm³/mol. The van der Waals surface area contributed by atoms with E-state index in [1.54, 1.807) is 13.8 Å². The zero-order valence-electron chi connectivity index (χ0n) is 15.7. The number of nitrogens with two attached hydrogens (primary N) is 2. The largest absolute Gasteiger partial charge is 0.478 e. The van der Waals surface area contributed by atoms with E-state index in [-0.39, 0.29) is 13.2 Å². The molecule has 7 N–H and O–H groups in total. The summed E-state index contributed by atoms with van der Waals surface area (Å²) >= 11 is 0. The van der Waals surface area contributed by atoms with Crippen LogP contribution in [0.4, 0.5) is 0 Å². The Bertz CT molecular complexity index is 642. The number of aliphatic carboxylic acids is 1. The number of nitrogens with one attached hydrogen (secondary N) is 1. The van der Waals surface area contributed by atoms with E-state index in [9.17, 15) is 24.6 Å². The van der Waals surface area contributed by atoms with Crippen molar-refractivity contribution in [2.45, 2.75) is 45.1 Å². The number of carboxylic acid groups (broad SMARTS) is 1. The van der Waals surface area contributed by atoms with Crippen molar-refractivity contribution in [2.24, 2.45) is 16.5 Å². The number of hydrogen-bond acceptors (Lipinski definition) is 8. The van der Waals surface area contributed by atoms with Crippen LogP contribution in [0.3, 0.4) is 0 Å². The van der Waals surface area contributed by atoms with Gasteiger partial charge in [0.2, 0.25) is 11.7 Å². The van der Waals surface area contributed by atoms with Gasteiger partial charge < -0.3 is 31.7 Å². The first kappa shape index (κ1) is 23.1. The van der Waals surface area contributed by atoms with E-state index in [0.29, 0.717) is 5.23 Å². The molecule has 158 valence electrons. The van der Waals surface area contributed by atoms with Crippen LogP contribution in [-0.4, -0.2) is 76.7 Å². The first-order valence-electron chi connectivity index (χ1n) is 8.37. The molecular formula is C15H25N5O8. The zero-order chi connectivity index (χ0) is 21.4. The van der Waals surface area contributed by atoms with Crippen molar-refractivity contribution in [2.75, 3.05) is 13.2 Å². The minimum absolute atomic E-state index is 0.0516. The van der Waals surface area contributed by atoms with Gasteiger partial charge in [-0.1, -0.05) is 5.23 Å². The molecule has 1 aliphatic heterocycles. The topological polar surface area (TPSA) is 199 Å². The number of hydrogen-bond donors (Lipinski definition) is 5. The molecule has 28 heavy (non-hydrogen) atoms. The van der Waals surface area contributed by atoms with Gasteiger partial charge >= 0.3 is 11.9 Å². The minimum Gasteiger partial charge on any atom is -0.478 e. The van der Waals surface area contributed by atoms with Crippen LogP contribution in [0, 0.1) is 0 Å². The fraction of sp³-hybridized carbons (Fsp3) is 0.600. The van der Waals surface area contributed by atoms with Crippen molar-refractivity contribution in [1.82, 2.24) is 10.5 Å². The fourth-order valence-electron chi connectivity index (χ4n) is 2.43. The number of amides is 2. The first-order valence-corrected chi connectivity index (χ1v) is 8.37. The molecular weight excluding hydrogens is 378 g/mol. The van der Waals surface area contributed by atoms with E-state index in [1.807, 2.05) is 0 Å². The van der Waals surface area contributed by atoms with Gasteiger partial charge in [-0.2, -0.15) is 0 Å². The monoisotopic (exact) mass is 403 g/mol. The van der Waals surface area contributed by atoms with Gasteiger partial charge in [-0.3, -0.25) is 9.59 Å². The number of aliphatic imine (C=N–C) groups is 1. The van der Waals surface area contributed by atoms with Crippen LogP contribution in [0.25, 0.3) is 0 Å². The van der Waals surface area contributed by atoms with Crippen LogP contribution in [0.15, 0.2) is 16.8 Å². The quantitative estimate of drug-likeness (QED) is 0.157. The second-order valence-electron chi connectivity index (χ2n) is 5.57. The summed E-state index contributed by atoms with van der Waals surface area (Å²) in [7, 11) is 0. The van der Waals surface area contributed by atoms with Crippen molar-refractivity contribution in [3.63, 3.8) is 0 Å². The smallest absolute Gasteiger partial charge is 0.370 e. The number of guanidine groups is 1. The minimum atomic E-state index is -1.98. The molecule has 2 amide bonds. The number of aliphatic hydroxyl groups excluding tert-OH is 1. The molecule has 0 unspecified atom stereocenters. The molecule has 0 aromatic carbocycles. The van der Waals surface area contributed by atoms with Gasteiger partial charge in [0.15, 0.2) is 18.2 Å². The van der Waals surface area contributed by atoms with Gasteiger partial charge in [-0.05, 0) is 19.9 Å². The summed E-state index contributed by atoms with van der Waals surface area (Å²) in [5.41, 5.74) is 10.7. The average Bonchev–Trinajstić information content (AvgIpc) is 2.60. The number of nitrogens with zero attached hydrogens (tertiary/aromatic N) is 2. The van der Waals surface area contributed by atoms with Crippen LogP contribution in [0.5, 0.6) is 0 Å². The number of ether oxygens (including phenoxy) is 1. The third-order valence-corrected chi connectivity index (χ3v) is 3.42. The van der Waals surface area contributed by atoms with E-state index in [1.165, 1.54) is 6.92 Å². The van der Waals surface area contributed by atoms with Crippen molar-refractivity contribution in [3.8, 4) is 0 Å². The van der Waals surface area contributed by atoms with E-state index >= 15 is 0 Å². The van der Waals surface area contributed by atoms with Crippen LogP contribution in [0.1, 0.15) is 20.8 Å². The second-order valence-corrected chi connectivity index (χ2v) is 5.57. The van der Waals surface area contributed by atoms with Gasteiger partial charge in [0.1, 0.15) is 0 Å². The lowest BCUT2D eigenvalue weighted by Gasteiger charge is -2.37. The molecule has 0 saturated carbocycles. The molecule has 4 atom stereocenters. The number of hydroxylamine groups is 2. The van der Waals surface area contributed by atoms with Crippen molar-refractivity contribution < 1.29 is 39.0 Å². The predicted octanol–water partition coefficient (Wildman–Crippen LogP) is -2.41. The summed E-state index contributed by atoms with van der Waals surface area (Å²) in [4.78, 5) is 49.4. The number of carboxylic acids is 1. The van der Waals surface area contributed by atoms with Gasteiger partial charge in [0, 0.05) is 6.92 Å². The Morgan fingerprint density at radius 3 is 2.32 bits per heavy atom. The van der Waals surface area contributed by atoms with Crippen molar-refractivity contribution in [3.05, 3.63) is 11.8 Å². The lowest BCUT2D eigenvalue weighted by molar-refractivity contribution is -0.343. The zero-order valence-corrected chi connectivity index (χ0v) is 15.7. The molecule has 0 fully saturated rings. The van der Waals surface area contributed by atoms with Crippen LogP contribution >= 0.6 is 0 Å². The van der Waals surface area contributed by atoms with Gasteiger partial charge in [0.25, 0.3) is 0 Å². The maximum Gasteiger partial charge on any atom is 0.370 e. The van der Waals surface area contributed by atoms with E-state index in [4.69, 9.17) is 25.9 Å². The summed E-state index contributed by atoms with van der Waals surface area (Å²) in [6.45, 7) is 4.46. The Morgan fingerprint density at radius 1 is 1.32 bits per heavy atom. The molecule has 0 aromatic heterocycles. The molecule has 1 rings (SSSR count). The molecule has 13 nitrogen and oxygen atoms in total. The average molecular weight is 403 g/mol. The summed E-state index contributed by atoms with van der Waals surface area (Å²) in [5.74, 6) is -4.10. The summed E-state index contributed by atoms with van der Waals surface area (Å²) in [5, 5.41) is 22.7. The maximum atomic E-state index is 12.5. The molecule has 0 bridgehead atoms. The van der Waals surface area contributed by atoms with Gasteiger partial charge in [0.05, 0.1) is 25.3 Å². The standard InChI is InChI=1S/C15H25N5O8/c1-4-26-20(27-5-2)13(23)11(22)12-10(18-7(3)21)8(19-15(16)17)6-9(28-12)14(24)25/h6,8,10-12,22H,4-5H2,1-3H3,(H,18,21)(H,24,25)(H4,16,17,19)/t8-,10+,11-,12+/m0/s1. The SMILES string of the molecule is CCON(OCC)C(=O)[C@@H](O)[C@@H]1OC(C(=O)O)=C[C@H](N=C(N)N)[C@H]1NC(C)=O. The van der Waals surface area contributed by atoms with Crippen LogP contribution in [-0.2, 0) is 28.8 Å². The highest BCUT2D eigenvalue weighted by Gasteiger charge is 2.45. The molecule has 0 aliphatic carbocycles. The number of aliphatic hydroxyl groups is 1. The maximum absolute atomic E-state index is 12.5. The summed E-state index contributed by atoms with van der Waals surface area (Å²) in [6.07, 6.45) is -2.47. The second kappa shape index (κ2) is 10.4. The lowest BCUT2D eigenvalue weighted by Crippen LogP contribution is -2.60. The highest BCUT2D eigenvalue weighted by Crippen LogP contribution is 2.24. The van der Waals surface area contributed by atoms with Crippen LogP contribution in [0.2, 0.25) is 0 Å². The highest BCUT2D eigenvalue weighted by atomic mass is 17.0. The van der Waals surface area contributed by atoms with Crippen molar-refractivity contribution >= 4 is 23.7 Å². The Balaban J connectivity index is 3.30. The third kappa shape index (κ3) is 6.07. The molecule has 1 aliphatic rings. The summed E-state index contributed by atoms with van der Waals surface area (Å²) < 4.78 is 5.25. The molecule has 1 heterocycles. The van der Waals surface area contributed by atoms with Gasteiger partial charge in [-0.25, -0.2) is 19.5 Å². The fourth-order valence-corrected chi connectivity index (χ4v) is 2.43. The molecule has 0 saturated heterocycles. The Hall–Kier alpha value is -2.90. The Labute approximate surface area is 160 Å². The Kier molecular flexibility index (Phi) is 8.63. The molecule has 0 aromatic rings. The lowest BCUT2D eigenvalue weighted by atomic mass is 9.94. The van der Waals surface area contributed by atoms with Crippen molar-refractivity contribution in [1.29, 1.82) is 0 Å². The summed E-state index contributed by atoms with van der Waals surface area (Å²) in [6, 6.07) is -2.28.